The Morgan fingerprint density at radius 3 is 2.75 bits per heavy atom. The molecule has 2 atom stereocenters. The lowest BCUT2D eigenvalue weighted by molar-refractivity contribution is 0.0815. The van der Waals surface area contributed by atoms with E-state index in [9.17, 15) is 9.90 Å². The molecule has 2 aromatic carbocycles. The number of benzene rings is 2. The van der Waals surface area contributed by atoms with E-state index in [1.807, 2.05) is 41.2 Å². The van der Waals surface area contributed by atoms with Gasteiger partial charge in [-0.1, -0.05) is 31.4 Å². The van der Waals surface area contributed by atoms with Crippen molar-refractivity contribution in [1.29, 1.82) is 0 Å². The van der Waals surface area contributed by atoms with Crippen LogP contribution in [0, 0.1) is 0 Å². The number of carbonyl (C=O) groups is 1. The molecule has 0 unspecified atom stereocenters. The minimum absolute atomic E-state index is 0.101. The fourth-order valence-electron chi connectivity index (χ4n) is 4.46. The Morgan fingerprint density at radius 2 is 1.94 bits per heavy atom. The van der Waals surface area contributed by atoms with Crippen LogP contribution in [0.4, 0.5) is 0 Å². The van der Waals surface area contributed by atoms with Crippen molar-refractivity contribution in [3.63, 3.8) is 0 Å². The molecule has 166 valence electrons. The molecular formula is C25H27N3O4. The van der Waals surface area contributed by atoms with Crippen LogP contribution in [-0.4, -0.2) is 39.7 Å². The third-order valence-corrected chi connectivity index (χ3v) is 6.19. The SMILES string of the molecule is O=C(N[C@H]1CCCCC[C@@H]1O)c1cc(Cc2ccc(-n3cccn3)cc2)cc2c1OCO2. The summed E-state index contributed by atoms with van der Waals surface area (Å²) in [6, 6.07) is 13.6. The van der Waals surface area contributed by atoms with Gasteiger partial charge < -0.3 is 19.9 Å². The molecule has 1 fully saturated rings. The molecule has 0 spiro atoms. The second-order valence-corrected chi connectivity index (χ2v) is 8.46. The van der Waals surface area contributed by atoms with Crippen LogP contribution in [0.25, 0.3) is 5.69 Å². The van der Waals surface area contributed by atoms with E-state index < -0.39 is 6.10 Å². The monoisotopic (exact) mass is 433 g/mol. The average Bonchev–Trinajstić information content (AvgIpc) is 3.46. The van der Waals surface area contributed by atoms with Gasteiger partial charge in [-0.05, 0) is 60.7 Å². The Bertz CT molecular complexity index is 1080. The molecule has 7 heteroatoms. The Morgan fingerprint density at radius 1 is 1.09 bits per heavy atom. The molecule has 0 bridgehead atoms. The molecular weight excluding hydrogens is 406 g/mol. The predicted octanol–water partition coefficient (Wildman–Crippen LogP) is 3.62. The summed E-state index contributed by atoms with van der Waals surface area (Å²) >= 11 is 0. The molecule has 5 rings (SSSR count). The lowest BCUT2D eigenvalue weighted by Crippen LogP contribution is -2.42. The first kappa shape index (κ1) is 20.6. The number of aliphatic hydroxyl groups excluding tert-OH is 1. The second kappa shape index (κ2) is 9.04. The van der Waals surface area contributed by atoms with E-state index in [0.717, 1.165) is 48.9 Å². The number of fused-ring (bicyclic) bond motifs is 1. The van der Waals surface area contributed by atoms with Crippen molar-refractivity contribution in [2.75, 3.05) is 6.79 Å². The maximum Gasteiger partial charge on any atom is 0.255 e. The second-order valence-electron chi connectivity index (χ2n) is 8.46. The summed E-state index contributed by atoms with van der Waals surface area (Å²) in [6.07, 6.45) is 8.40. The minimum atomic E-state index is -0.511. The molecule has 1 aliphatic heterocycles. The van der Waals surface area contributed by atoms with Crippen LogP contribution in [0.3, 0.4) is 0 Å². The van der Waals surface area contributed by atoms with Crippen LogP contribution < -0.4 is 14.8 Å². The summed E-state index contributed by atoms with van der Waals surface area (Å²) < 4.78 is 13.0. The van der Waals surface area contributed by atoms with E-state index in [1.165, 1.54) is 0 Å². The van der Waals surface area contributed by atoms with Gasteiger partial charge in [-0.15, -0.1) is 0 Å². The highest BCUT2D eigenvalue weighted by molar-refractivity contribution is 5.98. The van der Waals surface area contributed by atoms with Crippen LogP contribution in [0.15, 0.2) is 54.9 Å². The van der Waals surface area contributed by atoms with Crippen LogP contribution in [-0.2, 0) is 6.42 Å². The molecule has 32 heavy (non-hydrogen) atoms. The van der Waals surface area contributed by atoms with E-state index >= 15 is 0 Å². The van der Waals surface area contributed by atoms with E-state index in [1.54, 1.807) is 6.20 Å². The van der Waals surface area contributed by atoms with Crippen molar-refractivity contribution in [2.24, 2.45) is 0 Å². The largest absolute Gasteiger partial charge is 0.454 e. The number of ether oxygens (including phenoxy) is 2. The molecule has 1 aliphatic carbocycles. The van der Waals surface area contributed by atoms with Crippen molar-refractivity contribution in [1.82, 2.24) is 15.1 Å². The molecule has 2 N–H and O–H groups in total. The molecule has 2 heterocycles. The molecule has 1 aromatic heterocycles. The van der Waals surface area contributed by atoms with Gasteiger partial charge in [-0.2, -0.15) is 5.10 Å². The Kier molecular flexibility index (Phi) is 5.81. The van der Waals surface area contributed by atoms with E-state index in [0.29, 0.717) is 23.5 Å². The highest BCUT2D eigenvalue weighted by atomic mass is 16.7. The summed E-state index contributed by atoms with van der Waals surface area (Å²) in [4.78, 5) is 13.1. The van der Waals surface area contributed by atoms with E-state index in [4.69, 9.17) is 9.47 Å². The summed E-state index contributed by atoms with van der Waals surface area (Å²) in [5.74, 6) is 0.833. The lowest BCUT2D eigenvalue weighted by Gasteiger charge is -2.22. The number of rotatable bonds is 5. The summed E-state index contributed by atoms with van der Waals surface area (Å²) in [5.41, 5.74) is 3.53. The Labute approximate surface area is 187 Å². The number of aromatic nitrogens is 2. The number of aliphatic hydroxyl groups is 1. The first-order chi connectivity index (χ1) is 15.7. The lowest BCUT2D eigenvalue weighted by atomic mass is 10.00. The normalized spacial score (nSPS) is 20.0. The summed E-state index contributed by atoms with van der Waals surface area (Å²) in [6.45, 7) is 0.101. The Hall–Kier alpha value is -3.32. The number of carbonyl (C=O) groups excluding carboxylic acids is 1. The molecule has 1 saturated carbocycles. The number of amides is 1. The zero-order valence-corrected chi connectivity index (χ0v) is 17.9. The topological polar surface area (TPSA) is 85.6 Å². The predicted molar refractivity (Wildman–Crippen MR) is 119 cm³/mol. The van der Waals surface area contributed by atoms with Gasteiger partial charge in [0.1, 0.15) is 0 Å². The van der Waals surface area contributed by atoms with Crippen molar-refractivity contribution >= 4 is 5.91 Å². The highest BCUT2D eigenvalue weighted by Gasteiger charge is 2.28. The maximum atomic E-state index is 13.1. The smallest absolute Gasteiger partial charge is 0.255 e. The third kappa shape index (κ3) is 4.34. The van der Waals surface area contributed by atoms with Crippen LogP contribution in [0.2, 0.25) is 0 Å². The number of nitrogens with one attached hydrogen (secondary N) is 1. The molecule has 3 aromatic rings. The molecule has 0 radical (unpaired) electrons. The average molecular weight is 434 g/mol. The van der Waals surface area contributed by atoms with Crippen LogP contribution in [0.5, 0.6) is 11.5 Å². The molecule has 0 saturated heterocycles. The Balaban J connectivity index is 1.36. The molecule has 1 amide bonds. The van der Waals surface area contributed by atoms with Crippen LogP contribution in [0.1, 0.15) is 53.6 Å². The highest BCUT2D eigenvalue weighted by Crippen LogP contribution is 2.37. The van der Waals surface area contributed by atoms with E-state index in [2.05, 4.69) is 22.5 Å². The number of hydrogen-bond donors (Lipinski definition) is 2. The first-order valence-corrected chi connectivity index (χ1v) is 11.2. The zero-order chi connectivity index (χ0) is 21.9. The van der Waals surface area contributed by atoms with Crippen molar-refractivity contribution < 1.29 is 19.4 Å². The minimum Gasteiger partial charge on any atom is -0.454 e. The van der Waals surface area contributed by atoms with Gasteiger partial charge in [0, 0.05) is 12.4 Å². The van der Waals surface area contributed by atoms with Gasteiger partial charge in [0.25, 0.3) is 5.91 Å². The summed E-state index contributed by atoms with van der Waals surface area (Å²) in [7, 11) is 0. The molecule has 7 nitrogen and oxygen atoms in total. The van der Waals surface area contributed by atoms with E-state index in [-0.39, 0.29) is 18.7 Å². The fraction of sp³-hybridized carbons (Fsp3) is 0.360. The standard InChI is InChI=1S/C25H27N3O4/c29-22-6-3-1-2-5-21(22)27-25(30)20-14-18(15-23-24(20)32-16-31-23)13-17-7-9-19(10-8-17)28-12-4-11-26-28/h4,7-12,14-15,21-22,29H,1-3,5-6,13,16H2,(H,27,30)/t21-,22-/m0/s1. The molecule has 2 aliphatic rings. The van der Waals surface area contributed by atoms with Gasteiger partial charge >= 0.3 is 0 Å². The van der Waals surface area contributed by atoms with Gasteiger partial charge in [-0.3, -0.25) is 4.79 Å². The number of hydrogen-bond acceptors (Lipinski definition) is 5. The van der Waals surface area contributed by atoms with Gasteiger partial charge in [0.2, 0.25) is 6.79 Å². The third-order valence-electron chi connectivity index (χ3n) is 6.19. The quantitative estimate of drug-likeness (QED) is 0.601. The maximum absolute atomic E-state index is 13.1. The van der Waals surface area contributed by atoms with Crippen molar-refractivity contribution in [3.8, 4) is 17.2 Å². The zero-order valence-electron chi connectivity index (χ0n) is 17.9. The van der Waals surface area contributed by atoms with Crippen molar-refractivity contribution in [3.05, 3.63) is 71.5 Å². The first-order valence-electron chi connectivity index (χ1n) is 11.2. The van der Waals surface area contributed by atoms with Gasteiger partial charge in [0.15, 0.2) is 11.5 Å². The van der Waals surface area contributed by atoms with Gasteiger partial charge in [-0.25, -0.2) is 4.68 Å². The number of nitrogens with zero attached hydrogens (tertiary/aromatic N) is 2. The van der Waals surface area contributed by atoms with Gasteiger partial charge in [0.05, 0.1) is 23.4 Å². The fourth-order valence-corrected chi connectivity index (χ4v) is 4.46. The van der Waals surface area contributed by atoms with Crippen LogP contribution >= 0.6 is 0 Å². The summed E-state index contributed by atoms with van der Waals surface area (Å²) in [5, 5.41) is 17.7. The van der Waals surface area contributed by atoms with Crippen molar-refractivity contribution in [2.45, 2.75) is 50.7 Å².